The van der Waals surface area contributed by atoms with Crippen LogP contribution in [-0.2, 0) is 6.42 Å². The van der Waals surface area contributed by atoms with Gasteiger partial charge in [-0.2, -0.15) is 0 Å². The largest absolute Gasteiger partial charge is 0.312 e. The van der Waals surface area contributed by atoms with E-state index in [-0.39, 0.29) is 5.54 Å². The topological polar surface area (TPSA) is 37.8 Å². The van der Waals surface area contributed by atoms with Crippen LogP contribution in [0.1, 0.15) is 75.7 Å². The molecule has 1 heterocycles. The zero-order valence-electron chi connectivity index (χ0n) is 14.6. The summed E-state index contributed by atoms with van der Waals surface area (Å²) in [6.45, 7) is 14.3. The number of hydrogen-bond acceptors (Lipinski definition) is 3. The van der Waals surface area contributed by atoms with Crippen molar-refractivity contribution in [1.29, 1.82) is 0 Å². The molecule has 0 saturated heterocycles. The van der Waals surface area contributed by atoms with Crippen molar-refractivity contribution in [2.75, 3.05) is 6.54 Å². The van der Waals surface area contributed by atoms with Gasteiger partial charge in [0.15, 0.2) is 0 Å². The molecule has 0 bridgehead atoms. The van der Waals surface area contributed by atoms with E-state index in [2.05, 4.69) is 46.9 Å². The average molecular weight is 289 g/mol. The van der Waals surface area contributed by atoms with Gasteiger partial charge in [-0.15, -0.1) is 0 Å². The van der Waals surface area contributed by atoms with Crippen LogP contribution < -0.4 is 5.32 Å². The van der Waals surface area contributed by atoms with E-state index >= 15 is 0 Å². The third-order valence-corrected chi connectivity index (χ3v) is 4.44. The van der Waals surface area contributed by atoms with Crippen LogP contribution in [0.3, 0.4) is 0 Å². The second kappa shape index (κ2) is 6.43. The molecule has 1 atom stereocenters. The molecule has 1 N–H and O–H groups in total. The van der Waals surface area contributed by atoms with Crippen molar-refractivity contribution in [1.82, 2.24) is 15.3 Å². The summed E-state index contributed by atoms with van der Waals surface area (Å²) in [5, 5.41) is 3.59. The number of aromatic nitrogens is 2. The summed E-state index contributed by atoms with van der Waals surface area (Å²) < 4.78 is 0. The maximum Gasteiger partial charge on any atom is 0.131 e. The molecule has 1 aliphatic rings. The molecular formula is C18H31N3. The molecule has 0 aromatic carbocycles. The number of rotatable bonds is 5. The fourth-order valence-corrected chi connectivity index (χ4v) is 2.81. The van der Waals surface area contributed by atoms with Crippen molar-refractivity contribution in [3.05, 3.63) is 22.8 Å². The average Bonchev–Trinajstić information content (AvgIpc) is 2.28. The Morgan fingerprint density at radius 2 is 1.71 bits per heavy atom. The molecule has 1 aromatic rings. The third-order valence-electron chi connectivity index (χ3n) is 4.44. The van der Waals surface area contributed by atoms with Gasteiger partial charge in [0.1, 0.15) is 5.82 Å². The molecule has 1 aromatic heterocycles. The summed E-state index contributed by atoms with van der Waals surface area (Å²) in [5.41, 5.74) is 3.91. The third kappa shape index (κ3) is 4.50. The maximum absolute atomic E-state index is 4.79. The zero-order chi connectivity index (χ0) is 15.6. The van der Waals surface area contributed by atoms with Gasteiger partial charge in [0.05, 0.1) is 0 Å². The molecule has 3 nitrogen and oxygen atoms in total. The Morgan fingerprint density at radius 3 is 2.14 bits per heavy atom. The normalized spacial score (nSPS) is 17.6. The van der Waals surface area contributed by atoms with Crippen LogP contribution in [0.25, 0.3) is 0 Å². The van der Waals surface area contributed by atoms with Crippen LogP contribution in [0.5, 0.6) is 0 Å². The standard InChI is InChI=1S/C18H31N3/c1-12(11-19-18(4,5)6)10-16-13(2)20-17(21-14(16)3)15-8-7-9-15/h12,15,19H,7-11H2,1-6H3. The highest BCUT2D eigenvalue weighted by atomic mass is 14.9. The molecule has 118 valence electrons. The molecule has 1 fully saturated rings. The lowest BCUT2D eigenvalue weighted by atomic mass is 9.84. The van der Waals surface area contributed by atoms with E-state index in [1.54, 1.807) is 0 Å². The lowest BCUT2D eigenvalue weighted by Gasteiger charge is -2.26. The van der Waals surface area contributed by atoms with Crippen molar-refractivity contribution < 1.29 is 0 Å². The van der Waals surface area contributed by atoms with E-state index < -0.39 is 0 Å². The van der Waals surface area contributed by atoms with Crippen molar-refractivity contribution in [3.8, 4) is 0 Å². The Kier molecular flexibility index (Phi) is 5.03. The Morgan fingerprint density at radius 1 is 1.14 bits per heavy atom. The van der Waals surface area contributed by atoms with Crippen LogP contribution in [0.2, 0.25) is 0 Å². The predicted octanol–water partition coefficient (Wildman–Crippen LogP) is 3.93. The minimum Gasteiger partial charge on any atom is -0.312 e. The minimum atomic E-state index is 0.183. The van der Waals surface area contributed by atoms with Gasteiger partial charge in [0, 0.05) is 22.8 Å². The number of aryl methyl sites for hydroxylation is 2. The smallest absolute Gasteiger partial charge is 0.131 e. The first-order chi connectivity index (χ1) is 9.76. The first-order valence-electron chi connectivity index (χ1n) is 8.35. The van der Waals surface area contributed by atoms with Crippen LogP contribution in [-0.4, -0.2) is 22.1 Å². The SMILES string of the molecule is Cc1nc(C2CCC2)nc(C)c1CC(C)CNC(C)(C)C. The number of nitrogens with one attached hydrogen (secondary N) is 1. The Balaban J connectivity index is 2.02. The summed E-state index contributed by atoms with van der Waals surface area (Å²) in [7, 11) is 0. The van der Waals surface area contributed by atoms with Gasteiger partial charge in [-0.3, -0.25) is 0 Å². The lowest BCUT2D eigenvalue weighted by Crippen LogP contribution is -2.39. The number of hydrogen-bond donors (Lipinski definition) is 1. The monoisotopic (exact) mass is 289 g/mol. The van der Waals surface area contributed by atoms with Gasteiger partial charge in [-0.05, 0) is 71.9 Å². The minimum absolute atomic E-state index is 0.183. The first kappa shape index (κ1) is 16.4. The van der Waals surface area contributed by atoms with E-state index in [0.717, 1.165) is 18.8 Å². The second-order valence-corrected chi connectivity index (χ2v) is 7.80. The first-order valence-corrected chi connectivity index (χ1v) is 8.35. The van der Waals surface area contributed by atoms with E-state index in [1.807, 2.05) is 0 Å². The molecule has 0 radical (unpaired) electrons. The van der Waals surface area contributed by atoms with Gasteiger partial charge >= 0.3 is 0 Å². The molecule has 3 heteroatoms. The molecule has 1 aliphatic carbocycles. The summed E-state index contributed by atoms with van der Waals surface area (Å²) in [6.07, 6.45) is 4.93. The highest BCUT2D eigenvalue weighted by molar-refractivity contribution is 5.26. The predicted molar refractivity (Wildman–Crippen MR) is 88.7 cm³/mol. The van der Waals surface area contributed by atoms with Crippen molar-refractivity contribution >= 4 is 0 Å². The molecule has 1 unspecified atom stereocenters. The van der Waals surface area contributed by atoms with Gasteiger partial charge < -0.3 is 5.32 Å². The molecule has 0 spiro atoms. The Bertz CT molecular complexity index is 461. The van der Waals surface area contributed by atoms with Crippen LogP contribution in [0.4, 0.5) is 0 Å². The molecule has 2 rings (SSSR count). The van der Waals surface area contributed by atoms with Crippen LogP contribution in [0, 0.1) is 19.8 Å². The van der Waals surface area contributed by atoms with E-state index in [1.165, 1.54) is 36.2 Å². The van der Waals surface area contributed by atoms with Gasteiger partial charge in [-0.1, -0.05) is 13.3 Å². The summed E-state index contributed by atoms with van der Waals surface area (Å²) >= 11 is 0. The highest BCUT2D eigenvalue weighted by Crippen LogP contribution is 2.34. The van der Waals surface area contributed by atoms with Crippen molar-refractivity contribution in [3.63, 3.8) is 0 Å². The summed E-state index contributed by atoms with van der Waals surface area (Å²) in [5.74, 6) is 2.30. The fourth-order valence-electron chi connectivity index (χ4n) is 2.81. The molecular weight excluding hydrogens is 258 g/mol. The second-order valence-electron chi connectivity index (χ2n) is 7.80. The Labute approximate surface area is 130 Å². The quantitative estimate of drug-likeness (QED) is 0.892. The maximum atomic E-state index is 4.79. The zero-order valence-corrected chi connectivity index (χ0v) is 14.6. The van der Waals surface area contributed by atoms with Crippen molar-refractivity contribution in [2.45, 2.75) is 78.7 Å². The summed E-state index contributed by atoms with van der Waals surface area (Å²) in [6, 6.07) is 0. The highest BCUT2D eigenvalue weighted by Gasteiger charge is 2.24. The summed E-state index contributed by atoms with van der Waals surface area (Å²) in [4.78, 5) is 9.57. The van der Waals surface area contributed by atoms with Crippen LogP contribution >= 0.6 is 0 Å². The molecule has 21 heavy (non-hydrogen) atoms. The Hall–Kier alpha value is -0.960. The molecule has 0 amide bonds. The fraction of sp³-hybridized carbons (Fsp3) is 0.778. The van der Waals surface area contributed by atoms with E-state index in [9.17, 15) is 0 Å². The molecule has 1 saturated carbocycles. The molecule has 0 aliphatic heterocycles. The van der Waals surface area contributed by atoms with Crippen LogP contribution in [0.15, 0.2) is 0 Å². The van der Waals surface area contributed by atoms with Gasteiger partial charge in [0.25, 0.3) is 0 Å². The van der Waals surface area contributed by atoms with Gasteiger partial charge in [0.2, 0.25) is 0 Å². The van der Waals surface area contributed by atoms with Gasteiger partial charge in [-0.25, -0.2) is 9.97 Å². The number of nitrogens with zero attached hydrogens (tertiary/aromatic N) is 2. The van der Waals surface area contributed by atoms with E-state index in [0.29, 0.717) is 11.8 Å². The van der Waals surface area contributed by atoms with Crippen molar-refractivity contribution in [2.24, 2.45) is 5.92 Å². The van der Waals surface area contributed by atoms with E-state index in [4.69, 9.17) is 9.97 Å². The lowest BCUT2D eigenvalue weighted by molar-refractivity contribution is 0.379.